The van der Waals surface area contributed by atoms with Crippen LogP contribution in [0.15, 0.2) is 169 Å². The Labute approximate surface area is 457 Å². The fourth-order valence-electron chi connectivity index (χ4n) is 7.18. The average molecular weight is 1090 g/mol. The number of methoxy groups -OCH3 is 2. The van der Waals surface area contributed by atoms with Crippen molar-refractivity contribution in [2.75, 3.05) is 19.5 Å². The number of rotatable bonds is 12. The number of aromatic hydroxyl groups is 1. The van der Waals surface area contributed by atoms with Crippen LogP contribution >= 0.6 is 23.2 Å². The number of para-hydroxylation sites is 4. The van der Waals surface area contributed by atoms with Gasteiger partial charge in [0.25, 0.3) is 26.1 Å². The molecule has 0 radical (unpaired) electrons. The van der Waals surface area contributed by atoms with Crippen molar-refractivity contribution in [3.8, 4) is 23.0 Å². The molecule has 0 saturated carbocycles. The molecular weight excluding hydrogens is 1050 g/mol. The minimum Gasteiger partial charge on any atom is -0.871 e. The average Bonchev–Trinajstić information content (AvgIpc) is 3.33. The Morgan fingerprint density at radius 3 is 1.58 bits per heavy atom. The van der Waals surface area contributed by atoms with Crippen molar-refractivity contribution in [2.45, 2.75) is 23.6 Å². The number of hydrogen-bond donors (Lipinski definition) is 4. The summed E-state index contributed by atoms with van der Waals surface area (Å²) < 4.78 is 77.3. The summed E-state index contributed by atoms with van der Waals surface area (Å²) in [5.74, 6) is -1.92. The Kier molecular flexibility index (Phi) is 17.8. The Bertz CT molecular complexity index is 3790. The molecule has 0 heterocycles. The fraction of sp³-hybridized carbons (Fsp3) is 0.0800. The van der Waals surface area contributed by atoms with Crippen LogP contribution in [0.4, 0.5) is 34.1 Å². The topological polar surface area (TPSA) is 284 Å². The van der Waals surface area contributed by atoms with Crippen molar-refractivity contribution in [1.29, 1.82) is 0 Å². The zero-order valence-electron chi connectivity index (χ0n) is 38.7. The van der Waals surface area contributed by atoms with Gasteiger partial charge < -0.3 is 30.1 Å². The standard InChI is InChI=1S/2C25H20ClN3O6S.Ca/c2*1-14-11-18(26)23(21(12-14)36(32,33)34)29-28-22-16-8-4-3-7-15(16)13-17(24(22)30)25(31)27-19-9-5-6-10-20(19)35-2;/h2*3-13,30H,1-2H3,(H,27,31)(H,32,33,34);/q;;+2/p-2. The minimum atomic E-state index is -4.70. The molecular formula is C50H38CaCl2N6O12S2. The second kappa shape index (κ2) is 23.4. The maximum atomic E-state index is 13.3. The Morgan fingerprint density at radius 1 is 0.603 bits per heavy atom. The molecule has 18 nitrogen and oxygen atoms in total. The van der Waals surface area contributed by atoms with Crippen LogP contribution in [-0.2, 0) is 20.2 Å². The number of benzene rings is 8. The Balaban J connectivity index is 0.000000235. The number of aliphatic imine (C=N–C) groups is 1. The van der Waals surface area contributed by atoms with Gasteiger partial charge in [0.05, 0.1) is 41.2 Å². The van der Waals surface area contributed by atoms with Gasteiger partial charge in [0, 0.05) is 10.8 Å². The van der Waals surface area contributed by atoms with Crippen LogP contribution in [0.3, 0.4) is 0 Å². The predicted molar refractivity (Wildman–Crippen MR) is 275 cm³/mol. The number of hydrogen-bond acceptors (Lipinski definition) is 15. The van der Waals surface area contributed by atoms with Crippen molar-refractivity contribution in [3.05, 3.63) is 166 Å². The molecule has 1 amide bonds. The van der Waals surface area contributed by atoms with Crippen LogP contribution in [0, 0.1) is 13.8 Å². The second-order valence-corrected chi connectivity index (χ2v) is 19.0. The van der Waals surface area contributed by atoms with E-state index in [2.05, 4.69) is 30.8 Å². The van der Waals surface area contributed by atoms with Gasteiger partial charge in [-0.2, -0.15) is 21.9 Å². The van der Waals surface area contributed by atoms with Gasteiger partial charge in [0.1, 0.15) is 44.0 Å². The van der Waals surface area contributed by atoms with E-state index in [9.17, 15) is 46.1 Å². The predicted octanol–water partition coefficient (Wildman–Crippen LogP) is 11.0. The molecule has 0 saturated heterocycles. The molecule has 23 heteroatoms. The van der Waals surface area contributed by atoms with E-state index in [1.807, 2.05) is 0 Å². The van der Waals surface area contributed by atoms with Gasteiger partial charge in [-0.3, -0.25) is 18.9 Å². The number of phenolic OH excluding ortho intramolecular Hbond substituents is 1. The zero-order valence-corrected chi connectivity index (χ0v) is 44.1. The number of azo groups is 2. The number of amides is 1. The van der Waals surface area contributed by atoms with Crippen LogP contribution in [-0.4, -0.2) is 94.8 Å². The number of anilines is 1. The van der Waals surface area contributed by atoms with Gasteiger partial charge in [-0.05, 0) is 108 Å². The summed E-state index contributed by atoms with van der Waals surface area (Å²) in [4.78, 5) is 16.0. The van der Waals surface area contributed by atoms with Gasteiger partial charge in [0.2, 0.25) is 0 Å². The molecule has 0 aliphatic rings. The molecule has 0 aliphatic carbocycles. The largest absolute Gasteiger partial charge is 2.00 e. The first-order chi connectivity index (χ1) is 34.2. The van der Waals surface area contributed by atoms with E-state index < -0.39 is 53.3 Å². The fourth-order valence-corrected chi connectivity index (χ4v) is 9.38. The Morgan fingerprint density at radius 2 is 1.04 bits per heavy atom. The molecule has 0 spiro atoms. The zero-order chi connectivity index (χ0) is 52.1. The quantitative estimate of drug-likeness (QED) is 0.0292. The summed E-state index contributed by atoms with van der Waals surface area (Å²) >= 11 is 12.4. The van der Waals surface area contributed by atoms with Gasteiger partial charge in [-0.1, -0.05) is 102 Å². The summed E-state index contributed by atoms with van der Waals surface area (Å²) in [7, 11) is -6.47. The molecule has 8 aromatic rings. The number of ether oxygens (including phenoxy) is 2. The molecule has 8 aromatic carbocycles. The number of nitrogens with zero attached hydrogens (tertiary/aromatic N) is 5. The van der Waals surface area contributed by atoms with Crippen molar-refractivity contribution >= 4 is 149 Å². The Hall–Kier alpha value is -6.72. The molecule has 0 unspecified atom stereocenters. The summed E-state index contributed by atoms with van der Waals surface area (Å²) in [5, 5.41) is 57.7. The normalized spacial score (nSPS) is 11.9. The first-order valence-electron chi connectivity index (χ1n) is 20.9. The monoisotopic (exact) mass is 1090 g/mol. The second-order valence-electron chi connectivity index (χ2n) is 15.4. The van der Waals surface area contributed by atoms with Gasteiger partial charge in [0.15, 0.2) is 5.75 Å². The van der Waals surface area contributed by atoms with E-state index in [-0.39, 0.29) is 87.3 Å². The first kappa shape index (κ1) is 55.6. The number of nitrogens with one attached hydrogen (secondary N) is 1. The summed E-state index contributed by atoms with van der Waals surface area (Å²) in [6.45, 7) is 3.19. The molecule has 368 valence electrons. The van der Waals surface area contributed by atoms with Gasteiger partial charge >= 0.3 is 37.7 Å². The molecule has 0 aromatic heterocycles. The molecule has 8 rings (SSSR count). The van der Waals surface area contributed by atoms with Crippen LogP contribution in [0.25, 0.3) is 21.5 Å². The minimum absolute atomic E-state index is 0. The van der Waals surface area contributed by atoms with Crippen molar-refractivity contribution in [2.24, 2.45) is 25.4 Å². The van der Waals surface area contributed by atoms with Crippen LogP contribution < -0.4 is 25.0 Å². The summed E-state index contributed by atoms with van der Waals surface area (Å²) in [6, 6.07) is 35.0. The molecule has 0 fully saturated rings. The summed E-state index contributed by atoms with van der Waals surface area (Å²) in [5.41, 5.74) is 0.260. The van der Waals surface area contributed by atoms with Crippen molar-refractivity contribution in [1.82, 2.24) is 0 Å². The SMILES string of the molecule is COc1ccccc1N=C([O-])c1cc2ccccc2c(N=Nc2c(Cl)cc(C)cc2S(=O)(=O)O)c1[O-].COc1ccccc1NC(=O)c1cc2ccccc2c(N=Nc2c(Cl)cc(C)cc2S(=O)(=O)O)c1O.[Ca+2]. The smallest absolute Gasteiger partial charge is 0.871 e. The van der Waals surface area contributed by atoms with E-state index in [0.717, 1.165) is 0 Å². The molecule has 0 atom stereocenters. The number of fused-ring (bicyclic) bond motifs is 2. The van der Waals surface area contributed by atoms with E-state index in [4.69, 9.17) is 32.7 Å². The molecule has 0 aliphatic heterocycles. The third-order valence-electron chi connectivity index (χ3n) is 10.5. The van der Waals surface area contributed by atoms with Gasteiger partial charge in [-0.25, -0.2) is 0 Å². The number of halogens is 2. The van der Waals surface area contributed by atoms with E-state index in [1.165, 1.54) is 50.6 Å². The third kappa shape index (κ3) is 12.7. The van der Waals surface area contributed by atoms with Crippen molar-refractivity contribution < 1.29 is 55.5 Å². The van der Waals surface area contributed by atoms with E-state index >= 15 is 0 Å². The van der Waals surface area contributed by atoms with E-state index in [0.29, 0.717) is 49.9 Å². The number of carbonyl (C=O) groups is 1. The first-order valence-corrected chi connectivity index (χ1v) is 24.5. The number of carbonyl (C=O) groups excluding carboxylic acids is 1. The number of phenols is 1. The van der Waals surface area contributed by atoms with Crippen LogP contribution in [0.1, 0.15) is 27.0 Å². The maximum Gasteiger partial charge on any atom is 2.00 e. The number of aryl methyl sites for hydroxylation is 2. The van der Waals surface area contributed by atoms with Crippen molar-refractivity contribution in [3.63, 3.8) is 0 Å². The van der Waals surface area contributed by atoms with E-state index in [1.54, 1.807) is 111 Å². The molecule has 73 heavy (non-hydrogen) atoms. The third-order valence-corrected chi connectivity index (χ3v) is 12.8. The van der Waals surface area contributed by atoms with Crippen LogP contribution in [0.5, 0.6) is 23.0 Å². The molecule has 0 bridgehead atoms. The van der Waals surface area contributed by atoms with Crippen LogP contribution in [0.2, 0.25) is 10.0 Å². The van der Waals surface area contributed by atoms with Gasteiger partial charge in [-0.15, -0.1) is 15.3 Å². The maximum absolute atomic E-state index is 13.3. The summed E-state index contributed by atoms with van der Waals surface area (Å²) in [6.07, 6.45) is 0. The molecule has 4 N–H and O–H groups in total.